The SMILES string of the molecule is COc1ccccc1NC(=O)CCNC(=O)CCl. The van der Waals surface area contributed by atoms with Crippen molar-refractivity contribution in [3.63, 3.8) is 0 Å². The second-order valence-corrected chi connectivity index (χ2v) is 3.75. The van der Waals surface area contributed by atoms with Gasteiger partial charge in [0.1, 0.15) is 11.6 Å². The quantitative estimate of drug-likeness (QED) is 0.768. The van der Waals surface area contributed by atoms with E-state index in [-0.39, 0.29) is 30.7 Å². The maximum Gasteiger partial charge on any atom is 0.234 e. The van der Waals surface area contributed by atoms with E-state index in [2.05, 4.69) is 10.6 Å². The van der Waals surface area contributed by atoms with Crippen molar-refractivity contribution in [1.29, 1.82) is 0 Å². The van der Waals surface area contributed by atoms with Gasteiger partial charge in [0.15, 0.2) is 0 Å². The maximum absolute atomic E-state index is 11.6. The van der Waals surface area contributed by atoms with Crippen LogP contribution in [0.3, 0.4) is 0 Å². The number of carbonyl (C=O) groups excluding carboxylic acids is 2. The Morgan fingerprint density at radius 3 is 2.67 bits per heavy atom. The van der Waals surface area contributed by atoms with Gasteiger partial charge < -0.3 is 15.4 Å². The lowest BCUT2D eigenvalue weighted by molar-refractivity contribution is -0.119. The molecule has 0 unspecified atom stereocenters. The molecular formula is C12H15ClN2O3. The minimum Gasteiger partial charge on any atom is -0.495 e. The van der Waals surface area contributed by atoms with Crippen molar-refractivity contribution in [1.82, 2.24) is 5.32 Å². The molecule has 0 radical (unpaired) electrons. The van der Waals surface area contributed by atoms with Gasteiger partial charge in [-0.1, -0.05) is 12.1 Å². The zero-order valence-corrected chi connectivity index (χ0v) is 10.8. The Morgan fingerprint density at radius 2 is 2.00 bits per heavy atom. The van der Waals surface area contributed by atoms with Crippen molar-refractivity contribution in [3.05, 3.63) is 24.3 Å². The average molecular weight is 271 g/mol. The van der Waals surface area contributed by atoms with E-state index in [0.717, 1.165) is 0 Å². The molecule has 0 atom stereocenters. The molecule has 1 aromatic carbocycles. The molecule has 0 fully saturated rings. The largest absolute Gasteiger partial charge is 0.495 e. The first-order valence-electron chi connectivity index (χ1n) is 5.43. The molecule has 0 bridgehead atoms. The zero-order chi connectivity index (χ0) is 13.4. The number of halogens is 1. The zero-order valence-electron chi connectivity index (χ0n) is 10.0. The molecular weight excluding hydrogens is 256 g/mol. The smallest absolute Gasteiger partial charge is 0.234 e. The molecule has 0 aromatic heterocycles. The first-order chi connectivity index (χ1) is 8.67. The summed E-state index contributed by atoms with van der Waals surface area (Å²) in [7, 11) is 1.53. The predicted molar refractivity (Wildman–Crippen MR) is 70.0 cm³/mol. The number of rotatable bonds is 6. The lowest BCUT2D eigenvalue weighted by Gasteiger charge is -2.09. The summed E-state index contributed by atoms with van der Waals surface area (Å²) in [5.41, 5.74) is 0.605. The lowest BCUT2D eigenvalue weighted by Crippen LogP contribution is -2.28. The third-order valence-electron chi connectivity index (χ3n) is 2.18. The van der Waals surface area contributed by atoms with Crippen LogP contribution in [0.1, 0.15) is 6.42 Å². The Labute approximate surface area is 110 Å². The van der Waals surface area contributed by atoms with Crippen molar-refractivity contribution in [3.8, 4) is 5.75 Å². The Hall–Kier alpha value is -1.75. The van der Waals surface area contributed by atoms with Crippen LogP contribution in [-0.2, 0) is 9.59 Å². The minimum absolute atomic E-state index is 0.103. The summed E-state index contributed by atoms with van der Waals surface area (Å²) in [5.74, 6) is 0.000447. The van der Waals surface area contributed by atoms with E-state index >= 15 is 0 Å². The first-order valence-corrected chi connectivity index (χ1v) is 5.96. The normalized spacial score (nSPS) is 9.67. The average Bonchev–Trinajstić information content (AvgIpc) is 2.39. The molecule has 1 rings (SSSR count). The lowest BCUT2D eigenvalue weighted by atomic mass is 10.3. The van der Waals surface area contributed by atoms with Gasteiger partial charge in [0.25, 0.3) is 0 Å². The van der Waals surface area contributed by atoms with E-state index in [1.54, 1.807) is 18.2 Å². The molecule has 6 heteroatoms. The standard InChI is InChI=1S/C12H15ClN2O3/c1-18-10-5-3-2-4-9(10)15-11(16)6-7-14-12(17)8-13/h2-5H,6-8H2,1H3,(H,14,17)(H,15,16). The fourth-order valence-electron chi connectivity index (χ4n) is 1.32. The van der Waals surface area contributed by atoms with Crippen LogP contribution in [-0.4, -0.2) is 31.3 Å². The Morgan fingerprint density at radius 1 is 1.28 bits per heavy atom. The van der Waals surface area contributed by atoms with Crippen molar-refractivity contribution < 1.29 is 14.3 Å². The molecule has 2 amide bonds. The Kier molecular flexibility index (Phi) is 6.00. The molecule has 0 aliphatic heterocycles. The third-order valence-corrected chi connectivity index (χ3v) is 2.42. The Balaban J connectivity index is 2.42. The second kappa shape index (κ2) is 7.55. The van der Waals surface area contributed by atoms with Crippen LogP contribution in [0.5, 0.6) is 5.75 Å². The van der Waals surface area contributed by atoms with Crippen LogP contribution >= 0.6 is 11.6 Å². The van der Waals surface area contributed by atoms with E-state index in [4.69, 9.17) is 16.3 Å². The highest BCUT2D eigenvalue weighted by Gasteiger charge is 2.07. The molecule has 5 nitrogen and oxygen atoms in total. The number of nitrogens with one attached hydrogen (secondary N) is 2. The first kappa shape index (κ1) is 14.3. The van der Waals surface area contributed by atoms with Crippen LogP contribution in [0.2, 0.25) is 0 Å². The van der Waals surface area contributed by atoms with Gasteiger partial charge in [-0.05, 0) is 12.1 Å². The fourth-order valence-corrected chi connectivity index (χ4v) is 1.42. The van der Waals surface area contributed by atoms with E-state index in [9.17, 15) is 9.59 Å². The van der Waals surface area contributed by atoms with E-state index in [1.165, 1.54) is 7.11 Å². The second-order valence-electron chi connectivity index (χ2n) is 3.48. The number of alkyl halides is 1. The number of ether oxygens (including phenoxy) is 1. The number of benzene rings is 1. The van der Waals surface area contributed by atoms with Gasteiger partial charge in [-0.15, -0.1) is 11.6 Å². The summed E-state index contributed by atoms with van der Waals surface area (Å²) < 4.78 is 5.10. The van der Waals surface area contributed by atoms with Gasteiger partial charge in [0, 0.05) is 13.0 Å². The minimum atomic E-state index is -0.290. The fraction of sp³-hybridized carbons (Fsp3) is 0.333. The van der Waals surface area contributed by atoms with Crippen molar-refractivity contribution in [2.45, 2.75) is 6.42 Å². The van der Waals surface area contributed by atoms with Crippen LogP contribution in [0.25, 0.3) is 0 Å². The highest BCUT2D eigenvalue weighted by atomic mass is 35.5. The van der Waals surface area contributed by atoms with Gasteiger partial charge in [0.2, 0.25) is 11.8 Å². The highest BCUT2D eigenvalue weighted by molar-refractivity contribution is 6.27. The van der Waals surface area contributed by atoms with Gasteiger partial charge in [-0.3, -0.25) is 9.59 Å². The van der Waals surface area contributed by atoms with Crippen molar-refractivity contribution >= 4 is 29.1 Å². The summed E-state index contributed by atoms with van der Waals surface area (Å²) in [5, 5.41) is 5.22. The number of para-hydroxylation sites is 2. The molecule has 1 aromatic rings. The summed E-state index contributed by atoms with van der Waals surface area (Å²) in [6.45, 7) is 0.256. The number of anilines is 1. The molecule has 2 N–H and O–H groups in total. The van der Waals surface area contributed by atoms with Crippen LogP contribution in [0.4, 0.5) is 5.69 Å². The molecule has 0 spiro atoms. The predicted octanol–water partition coefficient (Wildman–Crippen LogP) is 1.38. The topological polar surface area (TPSA) is 67.4 Å². The van der Waals surface area contributed by atoms with Crippen molar-refractivity contribution in [2.75, 3.05) is 24.9 Å². The molecule has 0 aliphatic rings. The van der Waals surface area contributed by atoms with Gasteiger partial charge in [0.05, 0.1) is 12.8 Å². The van der Waals surface area contributed by atoms with Gasteiger partial charge in [-0.25, -0.2) is 0 Å². The monoisotopic (exact) mass is 270 g/mol. The highest BCUT2D eigenvalue weighted by Crippen LogP contribution is 2.22. The number of hydrogen-bond donors (Lipinski definition) is 2. The molecule has 0 saturated carbocycles. The molecule has 0 saturated heterocycles. The van der Waals surface area contributed by atoms with Gasteiger partial charge >= 0.3 is 0 Å². The summed E-state index contributed by atoms with van der Waals surface area (Å²) in [6.07, 6.45) is 0.181. The molecule has 0 aliphatic carbocycles. The summed E-state index contributed by atoms with van der Waals surface area (Å²) in [4.78, 5) is 22.5. The summed E-state index contributed by atoms with van der Waals surface area (Å²) in [6, 6.07) is 7.11. The van der Waals surface area contributed by atoms with E-state index in [0.29, 0.717) is 11.4 Å². The van der Waals surface area contributed by atoms with E-state index < -0.39 is 0 Å². The molecule has 18 heavy (non-hydrogen) atoms. The Bertz CT molecular complexity index is 424. The molecule has 0 heterocycles. The number of hydrogen-bond acceptors (Lipinski definition) is 3. The number of methoxy groups -OCH3 is 1. The van der Waals surface area contributed by atoms with Crippen LogP contribution in [0, 0.1) is 0 Å². The maximum atomic E-state index is 11.6. The van der Waals surface area contributed by atoms with Crippen LogP contribution in [0.15, 0.2) is 24.3 Å². The third kappa shape index (κ3) is 4.63. The van der Waals surface area contributed by atoms with Gasteiger partial charge in [-0.2, -0.15) is 0 Å². The van der Waals surface area contributed by atoms with Crippen LogP contribution < -0.4 is 15.4 Å². The molecule has 98 valence electrons. The van der Waals surface area contributed by atoms with Crippen molar-refractivity contribution in [2.24, 2.45) is 0 Å². The van der Waals surface area contributed by atoms with E-state index in [1.807, 2.05) is 6.07 Å². The number of carbonyl (C=O) groups is 2. The summed E-state index contributed by atoms with van der Waals surface area (Å²) >= 11 is 5.31. The number of amides is 2.